The molecule has 0 saturated heterocycles. The Morgan fingerprint density at radius 1 is 1.50 bits per heavy atom. The van der Waals surface area contributed by atoms with Crippen LogP contribution in [-0.2, 0) is 0 Å². The van der Waals surface area contributed by atoms with Crippen molar-refractivity contribution in [3.05, 3.63) is 23.9 Å². The van der Waals surface area contributed by atoms with Gasteiger partial charge in [0.25, 0.3) is 0 Å². The van der Waals surface area contributed by atoms with Crippen molar-refractivity contribution in [2.45, 2.75) is 11.8 Å². The van der Waals surface area contributed by atoms with E-state index in [1.54, 1.807) is 0 Å². The van der Waals surface area contributed by atoms with Gasteiger partial charge in [0, 0.05) is 16.0 Å². The third kappa shape index (κ3) is 1.19. The van der Waals surface area contributed by atoms with Crippen LogP contribution in [0.25, 0.3) is 10.9 Å². The lowest BCUT2D eigenvalue weighted by Gasteiger charge is -1.93. The first-order valence-corrected chi connectivity index (χ1v) is 5.19. The summed E-state index contributed by atoms with van der Waals surface area (Å²) in [6.07, 6.45) is 0. The summed E-state index contributed by atoms with van der Waals surface area (Å²) in [7, 11) is 6.86. The molecular weight excluding hydrogens is 192 g/mol. The molecule has 12 heavy (non-hydrogen) atoms. The first-order chi connectivity index (χ1) is 5.81. The van der Waals surface area contributed by atoms with E-state index in [0.29, 0.717) is 0 Å². The minimum atomic E-state index is 0.988. The summed E-state index contributed by atoms with van der Waals surface area (Å²) < 4.78 is 0. The van der Waals surface area contributed by atoms with Crippen LogP contribution >= 0.6 is 21.7 Å². The zero-order valence-corrected chi connectivity index (χ0v) is 8.04. The molecule has 4 heteroatoms. The van der Waals surface area contributed by atoms with Crippen molar-refractivity contribution in [3.63, 3.8) is 0 Å². The van der Waals surface area contributed by atoms with E-state index in [4.69, 9.17) is 10.7 Å². The average Bonchev–Trinajstić information content (AvgIpc) is 2.47. The molecule has 0 unspecified atom stereocenters. The fourth-order valence-electron chi connectivity index (χ4n) is 1.17. The van der Waals surface area contributed by atoms with Crippen LogP contribution in [0, 0.1) is 6.92 Å². The summed E-state index contributed by atoms with van der Waals surface area (Å²) in [6, 6.07) is 5.95. The van der Waals surface area contributed by atoms with Gasteiger partial charge in [0.15, 0.2) is 0 Å². The Kier molecular flexibility index (Phi) is 1.98. The minimum absolute atomic E-state index is 0.988. The van der Waals surface area contributed by atoms with E-state index in [9.17, 15) is 0 Å². The highest BCUT2D eigenvalue weighted by atomic mass is 35.7. The standard InChI is InChI=1S/C8H7ClN2S/c1-5-7-4-6(12-9)2-3-8(7)11-10-5/h2-4H,1H3,(H,10,11). The number of hydrogen-bond acceptors (Lipinski definition) is 2. The Morgan fingerprint density at radius 3 is 3.08 bits per heavy atom. The molecule has 1 aromatic heterocycles. The molecule has 2 rings (SSSR count). The van der Waals surface area contributed by atoms with E-state index in [2.05, 4.69) is 10.2 Å². The number of aromatic amines is 1. The van der Waals surface area contributed by atoms with Crippen LogP contribution in [0.4, 0.5) is 0 Å². The molecule has 2 aromatic rings. The van der Waals surface area contributed by atoms with Crippen molar-refractivity contribution in [2.75, 3.05) is 0 Å². The average molecular weight is 199 g/mol. The normalized spacial score (nSPS) is 10.8. The van der Waals surface area contributed by atoms with E-state index < -0.39 is 0 Å². The number of nitrogens with zero attached hydrogens (tertiary/aromatic N) is 1. The van der Waals surface area contributed by atoms with Gasteiger partial charge in [-0.05, 0) is 46.8 Å². The quantitative estimate of drug-likeness (QED) is 0.763. The number of fused-ring (bicyclic) bond motifs is 1. The molecule has 0 spiro atoms. The highest BCUT2D eigenvalue weighted by Crippen LogP contribution is 2.26. The number of aryl methyl sites for hydroxylation is 1. The highest BCUT2D eigenvalue weighted by molar-refractivity contribution is 8.21. The van der Waals surface area contributed by atoms with Gasteiger partial charge in [-0.25, -0.2) is 0 Å². The van der Waals surface area contributed by atoms with Crippen LogP contribution in [0.2, 0.25) is 0 Å². The van der Waals surface area contributed by atoms with E-state index in [-0.39, 0.29) is 0 Å². The van der Waals surface area contributed by atoms with Crippen molar-refractivity contribution in [2.24, 2.45) is 0 Å². The van der Waals surface area contributed by atoms with Gasteiger partial charge in [0.05, 0.1) is 5.52 Å². The second kappa shape index (κ2) is 2.99. The van der Waals surface area contributed by atoms with Crippen molar-refractivity contribution in [1.82, 2.24) is 10.2 Å². The summed E-state index contributed by atoms with van der Waals surface area (Å²) >= 11 is 0. The summed E-state index contributed by atoms with van der Waals surface area (Å²) in [5, 5.41) is 8.18. The number of H-pyrrole nitrogens is 1. The summed E-state index contributed by atoms with van der Waals surface area (Å²) in [4.78, 5) is 1.05. The number of halogens is 1. The Bertz CT molecular complexity index is 410. The molecule has 0 atom stereocenters. The number of hydrogen-bond donors (Lipinski definition) is 1. The van der Waals surface area contributed by atoms with E-state index in [0.717, 1.165) is 21.5 Å². The number of benzene rings is 1. The smallest absolute Gasteiger partial charge is 0.0924 e. The third-order valence-electron chi connectivity index (χ3n) is 1.81. The number of aromatic nitrogens is 2. The molecule has 2 nitrogen and oxygen atoms in total. The summed E-state index contributed by atoms with van der Waals surface area (Å²) in [5.41, 5.74) is 2.07. The van der Waals surface area contributed by atoms with Crippen LogP contribution in [-0.4, -0.2) is 10.2 Å². The van der Waals surface area contributed by atoms with Crippen molar-refractivity contribution < 1.29 is 0 Å². The molecule has 62 valence electrons. The molecule has 1 heterocycles. The largest absolute Gasteiger partial charge is 0.282 e. The van der Waals surface area contributed by atoms with E-state index in [1.165, 1.54) is 11.0 Å². The molecule has 0 aliphatic rings. The molecule has 0 fully saturated rings. The van der Waals surface area contributed by atoms with Crippen LogP contribution in [0.5, 0.6) is 0 Å². The van der Waals surface area contributed by atoms with Crippen LogP contribution < -0.4 is 0 Å². The van der Waals surface area contributed by atoms with Gasteiger partial charge in [-0.1, -0.05) is 0 Å². The lowest BCUT2D eigenvalue weighted by Crippen LogP contribution is -1.70. The third-order valence-corrected chi connectivity index (χ3v) is 2.77. The SMILES string of the molecule is Cc1[nH]nc2ccc(SCl)cc12. The molecule has 1 N–H and O–H groups in total. The number of rotatable bonds is 1. The predicted octanol–water partition coefficient (Wildman–Crippen LogP) is 3.12. The topological polar surface area (TPSA) is 28.7 Å². The second-order valence-electron chi connectivity index (χ2n) is 2.60. The monoisotopic (exact) mass is 198 g/mol. The van der Waals surface area contributed by atoms with Crippen LogP contribution in [0.3, 0.4) is 0 Å². The van der Waals surface area contributed by atoms with Crippen molar-refractivity contribution in [1.29, 1.82) is 0 Å². The molecule has 0 saturated carbocycles. The van der Waals surface area contributed by atoms with E-state index in [1.807, 2.05) is 25.1 Å². The molecule has 0 amide bonds. The maximum atomic E-state index is 5.63. The maximum Gasteiger partial charge on any atom is 0.0924 e. The van der Waals surface area contributed by atoms with E-state index >= 15 is 0 Å². The minimum Gasteiger partial charge on any atom is -0.282 e. The zero-order valence-electron chi connectivity index (χ0n) is 6.47. The van der Waals surface area contributed by atoms with Gasteiger partial charge in [-0.3, -0.25) is 5.10 Å². The van der Waals surface area contributed by atoms with Crippen LogP contribution in [0.15, 0.2) is 23.1 Å². The van der Waals surface area contributed by atoms with Crippen molar-refractivity contribution >= 4 is 32.6 Å². The van der Waals surface area contributed by atoms with Gasteiger partial charge < -0.3 is 0 Å². The molecule has 0 aliphatic heterocycles. The molecular formula is C8H7ClN2S. The second-order valence-corrected chi connectivity index (χ2v) is 3.69. The fourth-order valence-corrected chi connectivity index (χ4v) is 1.74. The first-order valence-electron chi connectivity index (χ1n) is 3.54. The van der Waals surface area contributed by atoms with Gasteiger partial charge in [-0.15, -0.1) is 0 Å². The zero-order chi connectivity index (χ0) is 8.55. The van der Waals surface area contributed by atoms with Gasteiger partial charge in [-0.2, -0.15) is 5.10 Å². The lowest BCUT2D eigenvalue weighted by atomic mass is 10.2. The molecule has 0 bridgehead atoms. The first kappa shape index (κ1) is 7.95. The molecule has 0 radical (unpaired) electrons. The van der Waals surface area contributed by atoms with Crippen LogP contribution in [0.1, 0.15) is 5.69 Å². The Hall–Kier alpha value is -0.670. The predicted molar refractivity (Wildman–Crippen MR) is 52.5 cm³/mol. The molecule has 0 aliphatic carbocycles. The Labute approximate surface area is 78.8 Å². The Morgan fingerprint density at radius 2 is 2.33 bits per heavy atom. The number of nitrogens with one attached hydrogen (secondary N) is 1. The van der Waals surface area contributed by atoms with Gasteiger partial charge in [0.2, 0.25) is 0 Å². The van der Waals surface area contributed by atoms with Crippen molar-refractivity contribution in [3.8, 4) is 0 Å². The summed E-state index contributed by atoms with van der Waals surface area (Å²) in [6.45, 7) is 2.00. The summed E-state index contributed by atoms with van der Waals surface area (Å²) in [5.74, 6) is 0. The lowest BCUT2D eigenvalue weighted by molar-refractivity contribution is 1.07. The molecule has 1 aromatic carbocycles. The fraction of sp³-hybridized carbons (Fsp3) is 0.125. The maximum absolute atomic E-state index is 5.63. The van der Waals surface area contributed by atoms with Gasteiger partial charge >= 0.3 is 0 Å². The highest BCUT2D eigenvalue weighted by Gasteiger charge is 2.01. The Balaban J connectivity index is 2.71. The van der Waals surface area contributed by atoms with Gasteiger partial charge in [0.1, 0.15) is 0 Å².